The van der Waals surface area contributed by atoms with E-state index in [1.807, 2.05) is 73.7 Å². The smallest absolute Gasteiger partial charge is 0.411 e. The van der Waals surface area contributed by atoms with Crippen LogP contribution in [0.25, 0.3) is 5.69 Å². The number of halogens is 1. The second-order valence-electron chi connectivity index (χ2n) is 10.4. The van der Waals surface area contributed by atoms with Crippen LogP contribution in [0, 0.1) is 3.57 Å². The third kappa shape index (κ3) is 7.04. The van der Waals surface area contributed by atoms with Gasteiger partial charge in [0.2, 0.25) is 0 Å². The van der Waals surface area contributed by atoms with E-state index in [0.717, 1.165) is 18.4 Å². The Kier molecular flexibility index (Phi) is 9.06. The maximum atomic E-state index is 13.2. The summed E-state index contributed by atoms with van der Waals surface area (Å²) in [6, 6.07) is 15.7. The number of benzene rings is 2. The quantitative estimate of drug-likeness (QED) is 0.353. The van der Waals surface area contributed by atoms with Crippen LogP contribution in [0.3, 0.4) is 0 Å². The number of anilines is 1. The van der Waals surface area contributed by atoms with Crippen molar-refractivity contribution in [2.45, 2.75) is 58.2 Å². The molecule has 1 aliphatic heterocycles. The number of rotatable bonds is 6. The molecule has 0 radical (unpaired) electrons. The maximum absolute atomic E-state index is 13.2. The van der Waals surface area contributed by atoms with E-state index in [1.165, 1.54) is 4.57 Å². The summed E-state index contributed by atoms with van der Waals surface area (Å²) in [5.41, 5.74) is 0.834. The lowest BCUT2D eigenvalue weighted by atomic mass is 10.00. The van der Waals surface area contributed by atoms with Crippen LogP contribution in [0.2, 0.25) is 0 Å². The van der Waals surface area contributed by atoms with E-state index in [9.17, 15) is 14.4 Å². The van der Waals surface area contributed by atoms with Crippen molar-refractivity contribution >= 4 is 40.4 Å². The molecule has 1 aromatic heterocycles. The predicted molar refractivity (Wildman–Crippen MR) is 157 cm³/mol. The summed E-state index contributed by atoms with van der Waals surface area (Å²) in [5.74, 6) is -0.134. The summed E-state index contributed by atoms with van der Waals surface area (Å²) >= 11 is 2.04. The number of carbonyl (C=O) groups excluding carboxylic acids is 2. The highest BCUT2D eigenvalue weighted by atomic mass is 127. The fourth-order valence-corrected chi connectivity index (χ4v) is 5.00. The molecule has 2 heterocycles. The fraction of sp³-hybridized carbons (Fsp3) is 0.379. The van der Waals surface area contributed by atoms with Crippen molar-refractivity contribution in [1.29, 1.82) is 0 Å². The lowest BCUT2D eigenvalue weighted by molar-refractivity contribution is -0.0638. The number of carbonyl (C=O) groups is 2. The molecule has 1 N–H and O–H groups in total. The molecule has 0 spiro atoms. The third-order valence-electron chi connectivity index (χ3n) is 6.25. The van der Waals surface area contributed by atoms with Crippen molar-refractivity contribution in [1.82, 2.24) is 14.5 Å². The van der Waals surface area contributed by atoms with Gasteiger partial charge in [-0.25, -0.2) is 9.59 Å². The molecule has 10 heteroatoms. The van der Waals surface area contributed by atoms with Gasteiger partial charge in [0.05, 0.1) is 34.6 Å². The first kappa shape index (κ1) is 28.8. The van der Waals surface area contributed by atoms with Crippen molar-refractivity contribution in [3.05, 3.63) is 86.0 Å². The van der Waals surface area contributed by atoms with Crippen LogP contribution in [0.5, 0.6) is 0 Å². The first-order valence-corrected chi connectivity index (χ1v) is 14.0. The average Bonchev–Trinajstić information content (AvgIpc) is 2.90. The minimum Gasteiger partial charge on any atom is -0.444 e. The number of ether oxygens (including phenoxy) is 2. The molecule has 39 heavy (non-hydrogen) atoms. The Bertz CT molecular complexity index is 1370. The third-order valence-corrected chi connectivity index (χ3v) is 7.04. The van der Waals surface area contributed by atoms with E-state index in [4.69, 9.17) is 9.47 Å². The normalized spacial score (nSPS) is 17.5. The molecule has 206 valence electrons. The topological polar surface area (TPSA) is 103 Å². The van der Waals surface area contributed by atoms with Gasteiger partial charge in [-0.15, -0.1) is 0 Å². The molecule has 3 aromatic rings. The number of morpholine rings is 1. The van der Waals surface area contributed by atoms with Crippen molar-refractivity contribution < 1.29 is 19.1 Å². The molecule has 0 aliphatic carbocycles. The van der Waals surface area contributed by atoms with E-state index < -0.39 is 11.3 Å². The molecule has 2 atom stereocenters. The number of amides is 2. The van der Waals surface area contributed by atoms with E-state index in [2.05, 4.69) is 17.2 Å². The second-order valence-corrected chi connectivity index (χ2v) is 11.5. The Hall–Kier alpha value is -3.25. The van der Waals surface area contributed by atoms with Gasteiger partial charge in [-0.3, -0.25) is 14.3 Å². The van der Waals surface area contributed by atoms with Gasteiger partial charge in [0.1, 0.15) is 5.60 Å². The zero-order chi connectivity index (χ0) is 28.2. The second kappa shape index (κ2) is 12.3. The van der Waals surface area contributed by atoms with Crippen LogP contribution in [-0.2, 0) is 9.47 Å². The van der Waals surface area contributed by atoms with Crippen molar-refractivity contribution in [3.63, 3.8) is 0 Å². The van der Waals surface area contributed by atoms with Crippen molar-refractivity contribution in [3.8, 4) is 5.69 Å². The highest BCUT2D eigenvalue weighted by Gasteiger charge is 2.38. The molecule has 1 fully saturated rings. The molecule has 2 aromatic carbocycles. The zero-order valence-corrected chi connectivity index (χ0v) is 24.7. The molecule has 0 bridgehead atoms. The molecule has 0 saturated carbocycles. The van der Waals surface area contributed by atoms with E-state index in [0.29, 0.717) is 28.0 Å². The minimum absolute atomic E-state index is 0.0877. The number of hydrogen-bond acceptors (Lipinski definition) is 6. The van der Waals surface area contributed by atoms with Gasteiger partial charge in [0.25, 0.3) is 5.91 Å². The SMILES string of the molecule is CCC[C@@H]1COC[C@@H](c2ccc(-n3cc(I)c(NC(=O)c4ccccc4)nc3=O)cc2)N1C(=O)OC(C)(C)C. The number of hydrogen-bond donors (Lipinski definition) is 1. The lowest BCUT2D eigenvalue weighted by Crippen LogP contribution is -2.52. The van der Waals surface area contributed by atoms with Crippen LogP contribution < -0.4 is 11.0 Å². The summed E-state index contributed by atoms with van der Waals surface area (Å²) in [6.45, 7) is 8.47. The maximum Gasteiger partial charge on any atom is 0.411 e. The summed E-state index contributed by atoms with van der Waals surface area (Å²) < 4.78 is 13.7. The first-order valence-electron chi connectivity index (χ1n) is 12.9. The lowest BCUT2D eigenvalue weighted by Gasteiger charge is -2.42. The molecule has 9 nitrogen and oxygen atoms in total. The highest BCUT2D eigenvalue weighted by molar-refractivity contribution is 14.1. The fourth-order valence-electron chi connectivity index (χ4n) is 4.47. The number of nitrogens with one attached hydrogen (secondary N) is 1. The van der Waals surface area contributed by atoms with E-state index >= 15 is 0 Å². The molecule has 0 unspecified atom stereocenters. The molecular weight excluding hydrogens is 611 g/mol. The molecular formula is C29H33IN4O5. The van der Waals surface area contributed by atoms with Crippen LogP contribution in [0.15, 0.2) is 65.6 Å². The van der Waals surface area contributed by atoms with Gasteiger partial charge in [-0.1, -0.05) is 43.7 Å². The van der Waals surface area contributed by atoms with Crippen molar-refractivity contribution in [2.75, 3.05) is 18.5 Å². The van der Waals surface area contributed by atoms with Crippen LogP contribution in [0.4, 0.5) is 10.6 Å². The minimum atomic E-state index is -0.613. The summed E-state index contributed by atoms with van der Waals surface area (Å²) in [6.07, 6.45) is 3.00. The Balaban J connectivity index is 1.57. The number of aromatic nitrogens is 2. The van der Waals surface area contributed by atoms with Gasteiger partial charge < -0.3 is 14.8 Å². The predicted octanol–water partition coefficient (Wildman–Crippen LogP) is 5.57. The van der Waals surface area contributed by atoms with Gasteiger partial charge in [-0.05, 0) is 79.6 Å². The first-order chi connectivity index (χ1) is 18.6. The van der Waals surface area contributed by atoms with E-state index in [1.54, 1.807) is 35.4 Å². The Morgan fingerprint density at radius 2 is 1.79 bits per heavy atom. The average molecular weight is 645 g/mol. The summed E-state index contributed by atoms with van der Waals surface area (Å²) in [4.78, 5) is 44.5. The van der Waals surface area contributed by atoms with Gasteiger partial charge in [0, 0.05) is 11.8 Å². The monoisotopic (exact) mass is 644 g/mol. The van der Waals surface area contributed by atoms with Crippen LogP contribution in [-0.4, -0.2) is 51.3 Å². The van der Waals surface area contributed by atoms with E-state index in [-0.39, 0.29) is 29.9 Å². The number of nitrogens with zero attached hydrogens (tertiary/aromatic N) is 3. The summed E-state index contributed by atoms with van der Waals surface area (Å²) in [5, 5.41) is 2.71. The summed E-state index contributed by atoms with van der Waals surface area (Å²) in [7, 11) is 0. The molecule has 1 aliphatic rings. The molecule has 4 rings (SSSR count). The van der Waals surface area contributed by atoms with Gasteiger partial charge >= 0.3 is 11.8 Å². The van der Waals surface area contributed by atoms with Crippen LogP contribution >= 0.6 is 22.6 Å². The highest BCUT2D eigenvalue weighted by Crippen LogP contribution is 2.31. The Morgan fingerprint density at radius 1 is 1.10 bits per heavy atom. The van der Waals surface area contributed by atoms with Crippen molar-refractivity contribution in [2.24, 2.45) is 0 Å². The Morgan fingerprint density at radius 3 is 2.44 bits per heavy atom. The zero-order valence-electron chi connectivity index (χ0n) is 22.5. The molecule has 1 saturated heterocycles. The van der Waals surface area contributed by atoms with Crippen LogP contribution in [0.1, 0.15) is 62.5 Å². The molecule has 2 amide bonds. The Labute approximate surface area is 241 Å². The standard InChI is InChI=1S/C29H33IN4O5/c1-5-9-22-17-38-18-24(34(22)28(37)39-29(2,3)4)19-12-14-21(15-13-19)33-16-23(30)25(32-27(33)36)31-26(35)20-10-7-6-8-11-20/h6-8,10-16,22,24H,5,9,17-18H2,1-4H3,(H,31,32,35,36)/t22-,24+/m1/s1. The van der Waals surface area contributed by atoms with Gasteiger partial charge in [-0.2, -0.15) is 4.98 Å². The largest absolute Gasteiger partial charge is 0.444 e. The van der Waals surface area contributed by atoms with Gasteiger partial charge in [0.15, 0.2) is 5.82 Å².